The van der Waals surface area contributed by atoms with E-state index in [-0.39, 0.29) is 29.6 Å². The lowest BCUT2D eigenvalue weighted by Crippen LogP contribution is -2.35. The Hall–Kier alpha value is -2.32. The highest BCUT2D eigenvalue weighted by Crippen LogP contribution is 2.32. The summed E-state index contributed by atoms with van der Waals surface area (Å²) in [7, 11) is 0. The number of likely N-dealkylation sites (tertiary alicyclic amines) is 1. The first-order valence-electron chi connectivity index (χ1n) is 8.28. The third-order valence-corrected chi connectivity index (χ3v) is 5.76. The van der Waals surface area contributed by atoms with E-state index in [0.717, 1.165) is 0 Å². The third-order valence-electron chi connectivity index (χ3n) is 4.58. The minimum Gasteiger partial charge on any atom is -0.338 e. The van der Waals surface area contributed by atoms with Crippen molar-refractivity contribution in [3.63, 3.8) is 0 Å². The van der Waals surface area contributed by atoms with E-state index in [1.807, 2.05) is 0 Å². The van der Waals surface area contributed by atoms with Gasteiger partial charge in [-0.3, -0.25) is 14.2 Å². The average Bonchev–Trinajstić information content (AvgIpc) is 3.26. The lowest BCUT2D eigenvalue weighted by molar-refractivity contribution is -0.131. The fourth-order valence-electron chi connectivity index (χ4n) is 3.15. The predicted molar refractivity (Wildman–Crippen MR) is 100 cm³/mol. The summed E-state index contributed by atoms with van der Waals surface area (Å²) in [4.78, 5) is 31.4. The molecule has 0 spiro atoms. The van der Waals surface area contributed by atoms with Gasteiger partial charge in [0.25, 0.3) is 5.56 Å². The minimum absolute atomic E-state index is 0.0407. The molecule has 0 bridgehead atoms. The van der Waals surface area contributed by atoms with E-state index in [9.17, 15) is 18.4 Å². The third kappa shape index (κ3) is 3.35. The number of alkyl halides is 1. The van der Waals surface area contributed by atoms with Gasteiger partial charge in [-0.25, -0.2) is 13.8 Å². The molecule has 27 heavy (non-hydrogen) atoms. The van der Waals surface area contributed by atoms with E-state index in [1.54, 1.807) is 5.38 Å². The quantitative estimate of drug-likeness (QED) is 0.665. The number of benzene rings is 1. The summed E-state index contributed by atoms with van der Waals surface area (Å²) in [6.07, 6.45) is 0.625. The number of halogens is 3. The van der Waals surface area contributed by atoms with Crippen molar-refractivity contribution in [1.29, 1.82) is 0 Å². The predicted octanol–water partition coefficient (Wildman–Crippen LogP) is 3.49. The Morgan fingerprint density at radius 3 is 2.93 bits per heavy atom. The van der Waals surface area contributed by atoms with E-state index < -0.39 is 12.0 Å². The van der Waals surface area contributed by atoms with E-state index in [1.165, 1.54) is 45.3 Å². The molecule has 140 valence electrons. The molecule has 1 amide bonds. The molecule has 1 aliphatic heterocycles. The second-order valence-electron chi connectivity index (χ2n) is 6.36. The minimum atomic E-state index is -1.02. The Kier molecular flexibility index (Phi) is 4.69. The van der Waals surface area contributed by atoms with E-state index in [4.69, 9.17) is 11.6 Å². The molecule has 1 aliphatic rings. The van der Waals surface area contributed by atoms with Gasteiger partial charge in [0.15, 0.2) is 0 Å². The lowest BCUT2D eigenvalue weighted by atomic mass is 10.1. The van der Waals surface area contributed by atoms with Crippen LogP contribution in [0.3, 0.4) is 0 Å². The Morgan fingerprint density at radius 2 is 2.22 bits per heavy atom. The van der Waals surface area contributed by atoms with Crippen molar-refractivity contribution in [3.8, 4) is 11.1 Å². The molecule has 1 unspecified atom stereocenters. The van der Waals surface area contributed by atoms with Crippen molar-refractivity contribution in [2.24, 2.45) is 0 Å². The number of hydrogen-bond acceptors (Lipinski definition) is 4. The number of thiophene rings is 1. The maximum Gasteiger partial charge on any atom is 0.263 e. The van der Waals surface area contributed by atoms with Crippen LogP contribution < -0.4 is 5.56 Å². The number of aromatic nitrogens is 2. The van der Waals surface area contributed by atoms with Gasteiger partial charge in [-0.1, -0.05) is 17.7 Å². The zero-order valence-electron chi connectivity index (χ0n) is 14.0. The molecule has 0 aliphatic carbocycles. The standard InChI is InChI=1S/C18H14ClF2N3O2S/c19-13-5-10(1-2-14(13)21)12-8-27-17-16(12)18(26)24(9-22-17)7-15(25)23-4-3-11(20)6-23/h1-2,5,8-9,11H,3-4,6-7H2. The van der Waals surface area contributed by atoms with Crippen LogP contribution in [0.4, 0.5) is 8.78 Å². The maximum absolute atomic E-state index is 13.4. The molecule has 1 aromatic carbocycles. The summed E-state index contributed by atoms with van der Waals surface area (Å²) in [5.74, 6) is -0.863. The molecule has 5 nitrogen and oxygen atoms in total. The van der Waals surface area contributed by atoms with Gasteiger partial charge in [0.2, 0.25) is 5.91 Å². The molecular weight excluding hydrogens is 396 g/mol. The molecule has 3 heterocycles. The van der Waals surface area contributed by atoms with Crippen LogP contribution >= 0.6 is 22.9 Å². The van der Waals surface area contributed by atoms with Crippen LogP contribution in [0.15, 0.2) is 34.7 Å². The highest BCUT2D eigenvalue weighted by molar-refractivity contribution is 7.17. The zero-order valence-corrected chi connectivity index (χ0v) is 15.6. The molecule has 0 saturated carbocycles. The van der Waals surface area contributed by atoms with Crippen LogP contribution in [0.25, 0.3) is 21.3 Å². The van der Waals surface area contributed by atoms with E-state index in [0.29, 0.717) is 34.3 Å². The van der Waals surface area contributed by atoms with Crippen molar-refractivity contribution in [2.75, 3.05) is 13.1 Å². The van der Waals surface area contributed by atoms with Crippen molar-refractivity contribution in [2.45, 2.75) is 19.1 Å². The van der Waals surface area contributed by atoms with Gasteiger partial charge in [-0.15, -0.1) is 11.3 Å². The SMILES string of the molecule is O=C(Cn1cnc2scc(-c3ccc(F)c(Cl)c3)c2c1=O)N1CCC(F)C1. The Morgan fingerprint density at radius 1 is 1.41 bits per heavy atom. The van der Waals surface area contributed by atoms with Gasteiger partial charge in [-0.2, -0.15) is 0 Å². The molecule has 1 saturated heterocycles. The topological polar surface area (TPSA) is 55.2 Å². The van der Waals surface area contributed by atoms with E-state index >= 15 is 0 Å². The van der Waals surface area contributed by atoms with E-state index in [2.05, 4.69) is 4.98 Å². The van der Waals surface area contributed by atoms with Crippen molar-refractivity contribution >= 4 is 39.1 Å². The number of amides is 1. The molecule has 4 rings (SSSR count). The summed E-state index contributed by atoms with van der Waals surface area (Å²) >= 11 is 7.13. The largest absolute Gasteiger partial charge is 0.338 e. The summed E-state index contributed by atoms with van der Waals surface area (Å²) in [5, 5.41) is 2.06. The molecule has 9 heteroatoms. The molecule has 2 aromatic heterocycles. The maximum atomic E-state index is 13.4. The Labute approximate surface area is 161 Å². The molecule has 0 N–H and O–H groups in total. The number of rotatable bonds is 3. The Bertz CT molecular complexity index is 1100. The van der Waals surface area contributed by atoms with Crippen molar-refractivity contribution in [3.05, 3.63) is 51.1 Å². The van der Waals surface area contributed by atoms with Crippen LogP contribution in [0.5, 0.6) is 0 Å². The smallest absolute Gasteiger partial charge is 0.263 e. The summed E-state index contributed by atoms with van der Waals surface area (Å²) in [6, 6.07) is 4.22. The van der Waals surface area contributed by atoms with Gasteiger partial charge in [0.05, 0.1) is 23.3 Å². The van der Waals surface area contributed by atoms with Crippen LogP contribution in [-0.4, -0.2) is 39.6 Å². The number of nitrogens with zero attached hydrogens (tertiary/aromatic N) is 3. The molecular formula is C18H14ClF2N3O2S. The molecule has 3 aromatic rings. The number of fused-ring (bicyclic) bond motifs is 1. The van der Waals surface area contributed by atoms with Gasteiger partial charge >= 0.3 is 0 Å². The summed E-state index contributed by atoms with van der Waals surface area (Å²) in [5.41, 5.74) is 0.803. The Balaban J connectivity index is 1.72. The second-order valence-corrected chi connectivity index (χ2v) is 7.63. The highest BCUT2D eigenvalue weighted by Gasteiger charge is 2.26. The first-order valence-corrected chi connectivity index (χ1v) is 9.53. The fraction of sp³-hybridized carbons (Fsp3) is 0.278. The molecule has 0 radical (unpaired) electrons. The number of carbonyl (C=O) groups is 1. The molecule has 1 atom stereocenters. The zero-order chi connectivity index (χ0) is 19.1. The van der Waals surface area contributed by atoms with Gasteiger partial charge in [0, 0.05) is 17.5 Å². The molecule has 1 fully saturated rings. The van der Waals surface area contributed by atoms with Crippen LogP contribution in [-0.2, 0) is 11.3 Å². The second kappa shape index (κ2) is 7.01. The van der Waals surface area contributed by atoms with Crippen molar-refractivity contribution < 1.29 is 13.6 Å². The lowest BCUT2D eigenvalue weighted by Gasteiger charge is -2.15. The normalized spacial score (nSPS) is 17.0. The summed E-state index contributed by atoms with van der Waals surface area (Å²) < 4.78 is 28.0. The van der Waals surface area contributed by atoms with Crippen LogP contribution in [0, 0.1) is 5.82 Å². The summed E-state index contributed by atoms with van der Waals surface area (Å²) in [6.45, 7) is 0.206. The first-order chi connectivity index (χ1) is 12.9. The average molecular weight is 410 g/mol. The first kappa shape index (κ1) is 18.1. The number of carbonyl (C=O) groups excluding carboxylic acids is 1. The van der Waals surface area contributed by atoms with Gasteiger partial charge in [0.1, 0.15) is 23.4 Å². The monoisotopic (exact) mass is 409 g/mol. The van der Waals surface area contributed by atoms with Gasteiger partial charge in [-0.05, 0) is 24.1 Å². The van der Waals surface area contributed by atoms with Crippen LogP contribution in [0.2, 0.25) is 5.02 Å². The van der Waals surface area contributed by atoms with Crippen molar-refractivity contribution in [1.82, 2.24) is 14.5 Å². The highest BCUT2D eigenvalue weighted by atomic mass is 35.5. The van der Waals surface area contributed by atoms with Crippen LogP contribution in [0.1, 0.15) is 6.42 Å². The fourth-order valence-corrected chi connectivity index (χ4v) is 4.23. The van der Waals surface area contributed by atoms with Gasteiger partial charge < -0.3 is 4.90 Å². The number of hydrogen-bond donors (Lipinski definition) is 0.